The molecule has 0 spiro atoms. The summed E-state index contributed by atoms with van der Waals surface area (Å²) < 4.78 is 13.7. The number of nitrogens with zero attached hydrogens (tertiary/aromatic N) is 4. The predicted octanol–water partition coefficient (Wildman–Crippen LogP) is 4.33. The second-order valence-electron chi connectivity index (χ2n) is 9.67. The monoisotopic (exact) mass is 474 g/mol. The molecule has 0 bridgehead atoms. The lowest BCUT2D eigenvalue weighted by atomic mass is 9.63. The third-order valence-corrected chi connectivity index (χ3v) is 7.40. The summed E-state index contributed by atoms with van der Waals surface area (Å²) in [6.07, 6.45) is 4.29. The van der Waals surface area contributed by atoms with Crippen LogP contribution in [-0.2, 0) is 16.8 Å². The van der Waals surface area contributed by atoms with E-state index in [0.29, 0.717) is 12.2 Å². The maximum absolute atomic E-state index is 14.1. The average Bonchev–Trinajstić information content (AvgIpc) is 2.84. The molecule has 7 heteroatoms. The van der Waals surface area contributed by atoms with Crippen LogP contribution in [0.1, 0.15) is 30.4 Å². The number of aromatic hydroxyl groups is 1. The standard InChI is InChI=1S/C28H31FN4O2/c1-31-15-17-32(18-16-31)26-12-3-21(19-30-26)20-33(24-8-6-23(29)7-9-24)27(35)28(13-2-14-28)22-4-10-25(34)11-5-22/h3-12,19,34H,2,13-18,20H2,1H3. The Kier molecular flexibility index (Phi) is 6.43. The Morgan fingerprint density at radius 1 is 1.00 bits per heavy atom. The molecule has 2 aromatic carbocycles. The first-order valence-electron chi connectivity index (χ1n) is 12.2. The van der Waals surface area contributed by atoms with Crippen LogP contribution in [0.2, 0.25) is 0 Å². The highest BCUT2D eigenvalue weighted by molar-refractivity contribution is 6.01. The maximum Gasteiger partial charge on any atom is 0.237 e. The molecule has 1 amide bonds. The van der Waals surface area contributed by atoms with Crippen molar-refractivity contribution in [3.8, 4) is 5.75 Å². The van der Waals surface area contributed by atoms with Gasteiger partial charge in [-0.3, -0.25) is 4.79 Å². The molecule has 182 valence electrons. The molecule has 5 rings (SSSR count). The minimum absolute atomic E-state index is 0.0100. The zero-order chi connectivity index (χ0) is 24.4. The molecule has 2 fully saturated rings. The van der Waals surface area contributed by atoms with Crippen molar-refractivity contribution in [2.75, 3.05) is 43.0 Å². The van der Waals surface area contributed by atoms with Crippen molar-refractivity contribution in [2.45, 2.75) is 31.2 Å². The molecular formula is C28H31FN4O2. The number of aromatic nitrogens is 1. The number of hydrogen-bond acceptors (Lipinski definition) is 5. The van der Waals surface area contributed by atoms with Gasteiger partial charge in [0.25, 0.3) is 0 Å². The number of halogens is 1. The zero-order valence-electron chi connectivity index (χ0n) is 20.0. The van der Waals surface area contributed by atoms with Gasteiger partial charge in [0, 0.05) is 38.1 Å². The number of anilines is 2. The van der Waals surface area contributed by atoms with Crippen molar-refractivity contribution in [1.82, 2.24) is 9.88 Å². The van der Waals surface area contributed by atoms with E-state index in [9.17, 15) is 14.3 Å². The highest BCUT2D eigenvalue weighted by Gasteiger charge is 2.48. The van der Waals surface area contributed by atoms with Crippen molar-refractivity contribution in [3.05, 3.63) is 83.8 Å². The van der Waals surface area contributed by atoms with Gasteiger partial charge in [0.2, 0.25) is 5.91 Å². The molecule has 1 N–H and O–H groups in total. The van der Waals surface area contributed by atoms with E-state index in [2.05, 4.69) is 16.8 Å². The Morgan fingerprint density at radius 2 is 1.69 bits per heavy atom. The van der Waals surface area contributed by atoms with Crippen molar-refractivity contribution >= 4 is 17.4 Å². The lowest BCUT2D eigenvalue weighted by Gasteiger charge is -2.44. The molecule has 1 aliphatic carbocycles. The van der Waals surface area contributed by atoms with Crippen LogP contribution in [0, 0.1) is 5.82 Å². The minimum Gasteiger partial charge on any atom is -0.508 e. The summed E-state index contributed by atoms with van der Waals surface area (Å²) in [5.74, 6) is 0.777. The lowest BCUT2D eigenvalue weighted by molar-refractivity contribution is -0.127. The van der Waals surface area contributed by atoms with Crippen molar-refractivity contribution in [3.63, 3.8) is 0 Å². The summed E-state index contributed by atoms with van der Waals surface area (Å²) in [4.78, 5) is 25.1. The van der Waals surface area contributed by atoms with Crippen LogP contribution in [0.4, 0.5) is 15.9 Å². The summed E-state index contributed by atoms with van der Waals surface area (Å²) in [5.41, 5.74) is 1.84. The number of carbonyl (C=O) groups excluding carboxylic acids is 1. The van der Waals surface area contributed by atoms with Gasteiger partial charge in [0.05, 0.1) is 12.0 Å². The Hall–Kier alpha value is -3.45. The van der Waals surface area contributed by atoms with Gasteiger partial charge in [-0.05, 0) is 73.5 Å². The summed E-state index contributed by atoms with van der Waals surface area (Å²) in [7, 11) is 2.13. The molecule has 6 nitrogen and oxygen atoms in total. The normalized spacial score (nSPS) is 17.6. The first kappa shape index (κ1) is 23.3. The van der Waals surface area contributed by atoms with E-state index in [-0.39, 0.29) is 17.5 Å². The number of benzene rings is 2. The topological polar surface area (TPSA) is 59.9 Å². The van der Waals surface area contributed by atoms with E-state index in [0.717, 1.165) is 62.4 Å². The molecule has 0 atom stereocenters. The van der Waals surface area contributed by atoms with E-state index in [1.807, 2.05) is 30.5 Å². The summed E-state index contributed by atoms with van der Waals surface area (Å²) in [6, 6.07) is 17.1. The van der Waals surface area contributed by atoms with Crippen LogP contribution in [-0.4, -0.2) is 54.1 Å². The fourth-order valence-corrected chi connectivity index (χ4v) is 5.01. The van der Waals surface area contributed by atoms with Gasteiger partial charge >= 0.3 is 0 Å². The molecule has 0 radical (unpaired) electrons. The largest absolute Gasteiger partial charge is 0.508 e. The Bertz CT molecular complexity index is 1150. The van der Waals surface area contributed by atoms with Crippen LogP contribution < -0.4 is 9.80 Å². The lowest BCUT2D eigenvalue weighted by Crippen LogP contribution is -2.51. The first-order chi connectivity index (χ1) is 16.9. The number of rotatable bonds is 6. The number of carbonyl (C=O) groups is 1. The minimum atomic E-state index is -0.644. The quantitative estimate of drug-likeness (QED) is 0.576. The molecule has 1 aromatic heterocycles. The van der Waals surface area contributed by atoms with Gasteiger partial charge in [-0.1, -0.05) is 24.6 Å². The van der Waals surface area contributed by atoms with E-state index in [1.54, 1.807) is 29.2 Å². The molecule has 1 saturated carbocycles. The summed E-state index contributed by atoms with van der Waals surface area (Å²) in [6.45, 7) is 4.25. The smallest absolute Gasteiger partial charge is 0.237 e. The van der Waals surface area contributed by atoms with Gasteiger partial charge in [0.15, 0.2) is 0 Å². The van der Waals surface area contributed by atoms with Crippen molar-refractivity contribution in [1.29, 1.82) is 0 Å². The summed E-state index contributed by atoms with van der Waals surface area (Å²) in [5, 5.41) is 9.75. The van der Waals surface area contributed by atoms with Gasteiger partial charge in [-0.2, -0.15) is 0 Å². The molecule has 0 unspecified atom stereocenters. The number of pyridine rings is 1. The van der Waals surface area contributed by atoms with E-state index in [4.69, 9.17) is 4.98 Å². The van der Waals surface area contributed by atoms with Crippen LogP contribution in [0.3, 0.4) is 0 Å². The van der Waals surface area contributed by atoms with E-state index < -0.39 is 5.41 Å². The fraction of sp³-hybridized carbons (Fsp3) is 0.357. The SMILES string of the molecule is CN1CCN(c2ccc(CN(C(=O)C3(c4ccc(O)cc4)CCC3)c3ccc(F)cc3)cn2)CC1. The van der Waals surface area contributed by atoms with E-state index >= 15 is 0 Å². The number of hydrogen-bond donors (Lipinski definition) is 1. The number of phenols is 1. The second kappa shape index (κ2) is 9.66. The predicted molar refractivity (Wildman–Crippen MR) is 135 cm³/mol. The highest BCUT2D eigenvalue weighted by atomic mass is 19.1. The van der Waals surface area contributed by atoms with Crippen LogP contribution in [0.5, 0.6) is 5.75 Å². The molecule has 1 aliphatic heterocycles. The molecule has 3 aromatic rings. The molecule has 2 heterocycles. The van der Waals surface area contributed by atoms with Crippen LogP contribution in [0.25, 0.3) is 0 Å². The molecule has 1 saturated heterocycles. The summed E-state index contributed by atoms with van der Waals surface area (Å²) >= 11 is 0. The Morgan fingerprint density at radius 3 is 2.26 bits per heavy atom. The molecule has 2 aliphatic rings. The van der Waals surface area contributed by atoms with E-state index in [1.165, 1.54) is 12.1 Å². The van der Waals surface area contributed by atoms with Crippen molar-refractivity contribution < 1.29 is 14.3 Å². The van der Waals surface area contributed by atoms with Crippen LogP contribution in [0.15, 0.2) is 66.9 Å². The van der Waals surface area contributed by atoms with Gasteiger partial charge in [-0.15, -0.1) is 0 Å². The Labute approximate surface area is 205 Å². The third kappa shape index (κ3) is 4.73. The second-order valence-corrected chi connectivity index (χ2v) is 9.67. The fourth-order valence-electron chi connectivity index (χ4n) is 5.01. The number of phenolic OH excluding ortho intramolecular Hbond substituents is 1. The average molecular weight is 475 g/mol. The third-order valence-electron chi connectivity index (χ3n) is 7.40. The van der Waals surface area contributed by atoms with Crippen molar-refractivity contribution in [2.24, 2.45) is 0 Å². The van der Waals surface area contributed by atoms with Crippen LogP contribution >= 0.6 is 0 Å². The maximum atomic E-state index is 14.1. The van der Waals surface area contributed by atoms with Gasteiger partial charge in [-0.25, -0.2) is 9.37 Å². The molecule has 35 heavy (non-hydrogen) atoms. The highest BCUT2D eigenvalue weighted by Crippen LogP contribution is 2.46. The zero-order valence-corrected chi connectivity index (χ0v) is 20.0. The number of likely N-dealkylation sites (N-methyl/N-ethyl adjacent to an activating group) is 1. The first-order valence-corrected chi connectivity index (χ1v) is 12.2. The Balaban J connectivity index is 1.42. The van der Waals surface area contributed by atoms with Gasteiger partial charge in [0.1, 0.15) is 17.4 Å². The van der Waals surface area contributed by atoms with Gasteiger partial charge < -0.3 is 19.8 Å². The molecular weight excluding hydrogens is 443 g/mol. The number of amides is 1. The number of piperazine rings is 1.